The van der Waals surface area contributed by atoms with Gasteiger partial charge < -0.3 is 4.42 Å². The summed E-state index contributed by atoms with van der Waals surface area (Å²) in [6, 6.07) is 8.15. The first kappa shape index (κ1) is 18.4. The third-order valence-corrected chi connectivity index (χ3v) is 7.74. The van der Waals surface area contributed by atoms with Gasteiger partial charge in [-0.2, -0.15) is 5.26 Å². The van der Waals surface area contributed by atoms with Crippen LogP contribution in [-0.4, -0.2) is 38.8 Å². The maximum absolute atomic E-state index is 13.3. The fraction of sp³-hybridized carbons (Fsp3) is 0.478. The van der Waals surface area contributed by atoms with Crippen LogP contribution in [0.25, 0.3) is 11.1 Å². The Hall–Kier alpha value is -3.34. The van der Waals surface area contributed by atoms with E-state index >= 15 is 0 Å². The standard InChI is InChI=1S/C23H19N3O5/c24-11-23(21-25-15-3-1-2-4-16(15)31-21)17(27)19(29)26(20(30)18(23)28)22-8-12-5-13(9-22)7-14(6-12)10-22/h1-4,12-14H,5-10H2. The average Bonchev–Trinajstić information content (AvgIpc) is 3.17. The number of hydrogen-bond donors (Lipinski definition) is 0. The fourth-order valence-electron chi connectivity index (χ4n) is 6.87. The minimum Gasteiger partial charge on any atom is -0.438 e. The van der Waals surface area contributed by atoms with Crippen LogP contribution in [0, 0.1) is 29.1 Å². The third-order valence-electron chi connectivity index (χ3n) is 7.74. The second-order valence-electron chi connectivity index (χ2n) is 9.59. The number of amides is 2. The first-order valence-electron chi connectivity index (χ1n) is 10.6. The van der Waals surface area contributed by atoms with E-state index in [1.54, 1.807) is 30.3 Å². The Morgan fingerprint density at radius 1 is 0.935 bits per heavy atom. The Kier molecular flexibility index (Phi) is 3.49. The zero-order chi connectivity index (χ0) is 21.5. The largest absolute Gasteiger partial charge is 0.438 e. The molecule has 2 amide bonds. The molecular formula is C23H19N3O5. The molecule has 0 radical (unpaired) electrons. The van der Waals surface area contributed by atoms with Crippen molar-refractivity contribution in [3.05, 3.63) is 30.2 Å². The van der Waals surface area contributed by atoms with E-state index in [2.05, 4.69) is 4.98 Å². The number of aromatic nitrogens is 1. The van der Waals surface area contributed by atoms with Gasteiger partial charge in [-0.15, -0.1) is 0 Å². The SMILES string of the molecule is N#CC1(c2nc3ccccc3o2)C(=O)C(=O)N(C23CC4CC(CC(C4)C2)C3)C(=O)C1=O. The van der Waals surface area contributed by atoms with Gasteiger partial charge in [0.1, 0.15) is 5.52 Å². The minimum atomic E-state index is -2.67. The number of carbonyl (C=O) groups excluding carboxylic acids is 4. The van der Waals surface area contributed by atoms with Crippen LogP contribution < -0.4 is 0 Å². The number of fused-ring (bicyclic) bond motifs is 1. The Balaban J connectivity index is 1.46. The fourth-order valence-corrected chi connectivity index (χ4v) is 6.87. The van der Waals surface area contributed by atoms with Crippen molar-refractivity contribution >= 4 is 34.5 Å². The molecule has 2 aromatic rings. The second kappa shape index (κ2) is 5.88. The van der Waals surface area contributed by atoms with Crippen LogP contribution in [0.2, 0.25) is 0 Å². The predicted molar refractivity (Wildman–Crippen MR) is 104 cm³/mol. The summed E-state index contributed by atoms with van der Waals surface area (Å²) in [7, 11) is 0. The average molecular weight is 417 g/mol. The number of benzene rings is 1. The molecule has 0 spiro atoms. The van der Waals surface area contributed by atoms with Crippen LogP contribution in [0.1, 0.15) is 44.4 Å². The van der Waals surface area contributed by atoms with Gasteiger partial charge in [0.05, 0.1) is 11.6 Å². The second-order valence-corrected chi connectivity index (χ2v) is 9.59. The number of carbonyl (C=O) groups is 4. The summed E-state index contributed by atoms with van der Waals surface area (Å²) in [6.07, 6.45) is 5.09. The van der Waals surface area contributed by atoms with Gasteiger partial charge in [0.25, 0.3) is 28.8 Å². The van der Waals surface area contributed by atoms with Gasteiger partial charge in [-0.05, 0) is 68.4 Å². The summed E-state index contributed by atoms with van der Waals surface area (Å²) in [4.78, 5) is 58.4. The maximum atomic E-state index is 13.3. The van der Waals surface area contributed by atoms with Gasteiger partial charge in [-0.25, -0.2) is 4.98 Å². The maximum Gasteiger partial charge on any atom is 0.300 e. The molecule has 1 aromatic carbocycles. The zero-order valence-corrected chi connectivity index (χ0v) is 16.7. The van der Waals surface area contributed by atoms with E-state index in [0.717, 1.165) is 24.2 Å². The Labute approximate surface area is 177 Å². The number of oxazole rings is 1. The molecule has 0 atom stereocenters. The summed E-state index contributed by atoms with van der Waals surface area (Å²) in [6.45, 7) is 0. The third kappa shape index (κ3) is 2.21. The Bertz CT molecular complexity index is 1140. The molecule has 31 heavy (non-hydrogen) atoms. The van der Waals surface area contributed by atoms with E-state index < -0.39 is 40.2 Å². The molecule has 8 heteroatoms. The monoisotopic (exact) mass is 417 g/mol. The van der Waals surface area contributed by atoms with E-state index in [4.69, 9.17) is 4.42 Å². The quantitative estimate of drug-likeness (QED) is 0.416. The Morgan fingerprint density at radius 2 is 1.48 bits per heavy atom. The lowest BCUT2D eigenvalue weighted by atomic mass is 9.52. The van der Waals surface area contributed by atoms with Crippen molar-refractivity contribution in [3.8, 4) is 6.07 Å². The summed E-state index contributed by atoms with van der Waals surface area (Å²) in [5.41, 5.74) is -2.88. The molecule has 5 aliphatic rings. The van der Waals surface area contributed by atoms with Crippen LogP contribution in [-0.2, 0) is 24.6 Å². The van der Waals surface area contributed by atoms with Crippen molar-refractivity contribution in [1.29, 1.82) is 5.26 Å². The van der Waals surface area contributed by atoms with Crippen molar-refractivity contribution in [3.63, 3.8) is 0 Å². The summed E-state index contributed by atoms with van der Waals surface area (Å²) >= 11 is 0. The highest BCUT2D eigenvalue weighted by Crippen LogP contribution is 2.58. The van der Waals surface area contributed by atoms with E-state index in [-0.39, 0.29) is 5.58 Å². The molecule has 156 valence electrons. The molecular weight excluding hydrogens is 398 g/mol. The molecule has 4 saturated carbocycles. The van der Waals surface area contributed by atoms with Gasteiger partial charge in [0, 0.05) is 0 Å². The highest BCUT2D eigenvalue weighted by Gasteiger charge is 2.68. The summed E-state index contributed by atoms with van der Waals surface area (Å²) in [5.74, 6) is -3.99. The van der Waals surface area contributed by atoms with E-state index in [9.17, 15) is 24.4 Å². The molecule has 2 heterocycles. The van der Waals surface area contributed by atoms with Gasteiger partial charge in [0.2, 0.25) is 5.89 Å². The van der Waals surface area contributed by atoms with Gasteiger partial charge in [-0.3, -0.25) is 24.1 Å². The number of imide groups is 1. The molecule has 1 aromatic heterocycles. The number of nitriles is 1. The van der Waals surface area contributed by atoms with Gasteiger partial charge in [0.15, 0.2) is 5.58 Å². The van der Waals surface area contributed by atoms with Crippen molar-refractivity contribution < 1.29 is 23.6 Å². The molecule has 4 aliphatic carbocycles. The number of nitrogens with zero attached hydrogens (tertiary/aromatic N) is 3. The number of piperidine rings is 1. The molecule has 8 nitrogen and oxygen atoms in total. The molecule has 7 rings (SSSR count). The van der Waals surface area contributed by atoms with Crippen molar-refractivity contribution in [2.45, 2.75) is 49.5 Å². The number of Topliss-reactive ketones (excluding diaryl/α,β-unsaturated/α-hetero) is 2. The first-order valence-corrected chi connectivity index (χ1v) is 10.6. The van der Waals surface area contributed by atoms with Crippen molar-refractivity contribution in [2.75, 3.05) is 0 Å². The van der Waals surface area contributed by atoms with Crippen LogP contribution in [0.4, 0.5) is 0 Å². The van der Waals surface area contributed by atoms with Crippen LogP contribution in [0.3, 0.4) is 0 Å². The highest BCUT2D eigenvalue weighted by atomic mass is 16.4. The van der Waals surface area contributed by atoms with E-state index in [0.29, 0.717) is 42.5 Å². The number of ketones is 2. The number of likely N-dealkylation sites (tertiary alicyclic amines) is 1. The van der Waals surface area contributed by atoms with Crippen molar-refractivity contribution in [2.24, 2.45) is 17.8 Å². The zero-order valence-electron chi connectivity index (χ0n) is 16.7. The van der Waals surface area contributed by atoms with Crippen LogP contribution in [0.15, 0.2) is 28.7 Å². The topological polar surface area (TPSA) is 121 Å². The molecule has 1 aliphatic heterocycles. The van der Waals surface area contributed by atoms with Gasteiger partial charge in [-0.1, -0.05) is 12.1 Å². The molecule has 0 N–H and O–H groups in total. The predicted octanol–water partition coefficient (Wildman–Crippen LogP) is 2.06. The van der Waals surface area contributed by atoms with Crippen LogP contribution >= 0.6 is 0 Å². The number of para-hydroxylation sites is 2. The molecule has 5 fully saturated rings. The minimum absolute atomic E-state index is 0.260. The molecule has 0 unspecified atom stereocenters. The number of hydrogen-bond acceptors (Lipinski definition) is 7. The van der Waals surface area contributed by atoms with Crippen molar-refractivity contribution in [1.82, 2.24) is 9.88 Å². The van der Waals surface area contributed by atoms with E-state index in [1.165, 1.54) is 0 Å². The molecule has 1 saturated heterocycles. The van der Waals surface area contributed by atoms with Gasteiger partial charge >= 0.3 is 0 Å². The highest BCUT2D eigenvalue weighted by molar-refractivity contribution is 6.62. The van der Waals surface area contributed by atoms with E-state index in [1.807, 2.05) is 0 Å². The molecule has 4 bridgehead atoms. The first-order chi connectivity index (χ1) is 14.9. The van der Waals surface area contributed by atoms with Crippen LogP contribution in [0.5, 0.6) is 0 Å². The Morgan fingerprint density at radius 3 is 2.00 bits per heavy atom. The lowest BCUT2D eigenvalue weighted by molar-refractivity contribution is -0.177. The smallest absolute Gasteiger partial charge is 0.300 e. The lowest BCUT2D eigenvalue weighted by Crippen LogP contribution is -2.71. The lowest BCUT2D eigenvalue weighted by Gasteiger charge is -2.60. The number of rotatable bonds is 2. The summed E-state index contributed by atoms with van der Waals surface area (Å²) < 4.78 is 5.53. The summed E-state index contributed by atoms with van der Waals surface area (Å²) in [5, 5.41) is 9.90. The normalized spacial score (nSPS) is 33.9.